The molecule has 1 atom stereocenters. The van der Waals surface area contributed by atoms with Gasteiger partial charge in [-0.25, -0.2) is 4.98 Å². The van der Waals surface area contributed by atoms with E-state index in [0.29, 0.717) is 18.3 Å². The quantitative estimate of drug-likeness (QED) is 0.872. The normalized spacial score (nSPS) is 18.0. The molecule has 22 heavy (non-hydrogen) atoms. The fourth-order valence-corrected chi connectivity index (χ4v) is 2.25. The highest BCUT2D eigenvalue weighted by Gasteiger charge is 2.31. The van der Waals surface area contributed by atoms with Crippen molar-refractivity contribution in [2.24, 2.45) is 5.92 Å². The Balaban J connectivity index is 1.73. The Bertz CT molecular complexity index is 448. The van der Waals surface area contributed by atoms with E-state index in [4.69, 9.17) is 4.74 Å². The molecule has 124 valence electrons. The molecule has 0 amide bonds. The zero-order chi connectivity index (χ0) is 16.0. The van der Waals surface area contributed by atoms with E-state index >= 15 is 0 Å². The zero-order valence-corrected chi connectivity index (χ0v) is 12.4. The summed E-state index contributed by atoms with van der Waals surface area (Å²) in [4.78, 5) is 6.25. The standard InChI is InChI=1S/C14H20F3N3O2/c1-11(10-20-4-6-21-7-5-20)8-18-13-3-2-12(9-19-13)22-14(15,16)17/h2-3,9,11H,4-8,10H2,1H3,(H,18,19). The first-order valence-corrected chi connectivity index (χ1v) is 7.18. The summed E-state index contributed by atoms with van der Waals surface area (Å²) >= 11 is 0. The number of aromatic nitrogens is 1. The Kier molecular flexibility index (Phi) is 5.84. The first-order chi connectivity index (χ1) is 10.4. The molecule has 2 heterocycles. The third kappa shape index (κ3) is 6.07. The number of halogens is 3. The number of pyridine rings is 1. The number of nitrogens with zero attached hydrogens (tertiary/aromatic N) is 2. The minimum atomic E-state index is -4.69. The summed E-state index contributed by atoms with van der Waals surface area (Å²) in [6, 6.07) is 2.72. The van der Waals surface area contributed by atoms with E-state index in [2.05, 4.69) is 26.9 Å². The van der Waals surface area contributed by atoms with Crippen molar-refractivity contribution in [2.75, 3.05) is 44.7 Å². The van der Waals surface area contributed by atoms with Gasteiger partial charge in [0.15, 0.2) is 0 Å². The summed E-state index contributed by atoms with van der Waals surface area (Å²) in [6.07, 6.45) is -3.63. The van der Waals surface area contributed by atoms with Gasteiger partial charge >= 0.3 is 6.36 Å². The van der Waals surface area contributed by atoms with Crippen LogP contribution in [-0.2, 0) is 4.74 Å². The van der Waals surface area contributed by atoms with Gasteiger partial charge in [0.05, 0.1) is 19.4 Å². The third-order valence-electron chi connectivity index (χ3n) is 3.28. The lowest BCUT2D eigenvalue weighted by molar-refractivity contribution is -0.274. The van der Waals surface area contributed by atoms with E-state index in [-0.39, 0.29) is 5.75 Å². The summed E-state index contributed by atoms with van der Waals surface area (Å²) < 4.78 is 45.2. The highest BCUT2D eigenvalue weighted by molar-refractivity contribution is 5.37. The predicted octanol–water partition coefficient (Wildman–Crippen LogP) is 2.36. The molecular formula is C14H20F3N3O2. The Labute approximate surface area is 127 Å². The number of rotatable bonds is 6. The molecule has 0 saturated carbocycles. The molecule has 1 aliphatic rings. The smallest absolute Gasteiger partial charge is 0.404 e. The van der Waals surface area contributed by atoms with Crippen molar-refractivity contribution in [1.29, 1.82) is 0 Å². The predicted molar refractivity (Wildman–Crippen MR) is 75.8 cm³/mol. The number of hydrogen-bond donors (Lipinski definition) is 1. The molecule has 0 spiro atoms. The Morgan fingerprint density at radius 3 is 2.68 bits per heavy atom. The van der Waals surface area contributed by atoms with Crippen molar-refractivity contribution in [3.8, 4) is 5.75 Å². The molecular weight excluding hydrogens is 299 g/mol. The molecule has 0 aliphatic carbocycles. The second-order valence-electron chi connectivity index (χ2n) is 5.33. The second kappa shape index (κ2) is 7.64. The number of hydrogen-bond acceptors (Lipinski definition) is 5. The number of alkyl halides is 3. The Morgan fingerprint density at radius 2 is 2.09 bits per heavy atom. The van der Waals surface area contributed by atoms with Crippen LogP contribution in [0.15, 0.2) is 18.3 Å². The van der Waals surface area contributed by atoms with Crippen LogP contribution in [0.3, 0.4) is 0 Å². The third-order valence-corrected chi connectivity index (χ3v) is 3.28. The molecule has 1 N–H and O–H groups in total. The second-order valence-corrected chi connectivity index (χ2v) is 5.33. The lowest BCUT2D eigenvalue weighted by atomic mass is 10.1. The lowest BCUT2D eigenvalue weighted by Gasteiger charge is -2.29. The Morgan fingerprint density at radius 1 is 1.36 bits per heavy atom. The van der Waals surface area contributed by atoms with Crippen molar-refractivity contribution < 1.29 is 22.6 Å². The van der Waals surface area contributed by atoms with Gasteiger partial charge in [-0.2, -0.15) is 0 Å². The van der Waals surface area contributed by atoms with Crippen LogP contribution in [0.1, 0.15) is 6.92 Å². The van der Waals surface area contributed by atoms with Crippen molar-refractivity contribution in [3.05, 3.63) is 18.3 Å². The minimum absolute atomic E-state index is 0.320. The fraction of sp³-hybridized carbons (Fsp3) is 0.643. The monoisotopic (exact) mass is 319 g/mol. The van der Waals surface area contributed by atoms with Gasteiger partial charge < -0.3 is 14.8 Å². The van der Waals surface area contributed by atoms with E-state index in [0.717, 1.165) is 39.0 Å². The van der Waals surface area contributed by atoms with Crippen LogP contribution in [0.2, 0.25) is 0 Å². The molecule has 8 heteroatoms. The first-order valence-electron chi connectivity index (χ1n) is 7.18. The van der Waals surface area contributed by atoms with E-state index in [1.165, 1.54) is 12.1 Å². The molecule has 2 rings (SSSR count). The summed E-state index contributed by atoms with van der Waals surface area (Å²) in [6.45, 7) is 7.17. The maximum Gasteiger partial charge on any atom is 0.573 e. The molecule has 1 aliphatic heterocycles. The summed E-state index contributed by atoms with van der Waals surface area (Å²) in [7, 11) is 0. The van der Waals surface area contributed by atoms with Crippen molar-refractivity contribution in [1.82, 2.24) is 9.88 Å². The van der Waals surface area contributed by atoms with Crippen molar-refractivity contribution in [2.45, 2.75) is 13.3 Å². The highest BCUT2D eigenvalue weighted by atomic mass is 19.4. The van der Waals surface area contributed by atoms with Gasteiger partial charge in [0.1, 0.15) is 11.6 Å². The maximum absolute atomic E-state index is 12.0. The van der Waals surface area contributed by atoms with Crippen molar-refractivity contribution >= 4 is 5.82 Å². The number of anilines is 1. The molecule has 1 fully saturated rings. The van der Waals surface area contributed by atoms with Crippen LogP contribution >= 0.6 is 0 Å². The molecule has 1 unspecified atom stereocenters. The highest BCUT2D eigenvalue weighted by Crippen LogP contribution is 2.22. The molecule has 1 aromatic rings. The minimum Gasteiger partial charge on any atom is -0.404 e. The maximum atomic E-state index is 12.0. The lowest BCUT2D eigenvalue weighted by Crippen LogP contribution is -2.40. The van der Waals surface area contributed by atoms with Crippen LogP contribution in [0.4, 0.5) is 19.0 Å². The zero-order valence-electron chi connectivity index (χ0n) is 12.4. The summed E-state index contributed by atoms with van der Waals surface area (Å²) in [5.74, 6) is 0.605. The molecule has 0 bridgehead atoms. The van der Waals surface area contributed by atoms with Crippen LogP contribution in [0.25, 0.3) is 0 Å². The number of nitrogens with one attached hydrogen (secondary N) is 1. The van der Waals surface area contributed by atoms with Gasteiger partial charge in [0.25, 0.3) is 0 Å². The summed E-state index contributed by atoms with van der Waals surface area (Å²) in [5, 5.41) is 3.12. The molecule has 5 nitrogen and oxygen atoms in total. The van der Waals surface area contributed by atoms with Crippen LogP contribution in [-0.4, -0.2) is 55.6 Å². The number of morpholine rings is 1. The fourth-order valence-electron chi connectivity index (χ4n) is 2.25. The molecule has 1 aromatic heterocycles. The van der Waals surface area contributed by atoms with Crippen LogP contribution < -0.4 is 10.1 Å². The molecule has 1 saturated heterocycles. The van der Waals surface area contributed by atoms with Gasteiger partial charge in [-0.15, -0.1) is 13.2 Å². The van der Waals surface area contributed by atoms with Gasteiger partial charge in [0.2, 0.25) is 0 Å². The van der Waals surface area contributed by atoms with Crippen LogP contribution in [0, 0.1) is 5.92 Å². The largest absolute Gasteiger partial charge is 0.573 e. The molecule has 0 aromatic carbocycles. The van der Waals surface area contributed by atoms with E-state index < -0.39 is 6.36 Å². The average molecular weight is 319 g/mol. The van der Waals surface area contributed by atoms with Gasteiger partial charge in [-0.05, 0) is 18.1 Å². The van der Waals surface area contributed by atoms with Crippen molar-refractivity contribution in [3.63, 3.8) is 0 Å². The molecule has 0 radical (unpaired) electrons. The SMILES string of the molecule is CC(CNc1ccc(OC(F)(F)F)cn1)CN1CCOCC1. The Hall–Kier alpha value is -1.54. The van der Waals surface area contributed by atoms with E-state index in [1.54, 1.807) is 0 Å². The van der Waals surface area contributed by atoms with E-state index in [9.17, 15) is 13.2 Å². The average Bonchev–Trinajstić information content (AvgIpc) is 2.46. The van der Waals surface area contributed by atoms with E-state index in [1.807, 2.05) is 0 Å². The summed E-state index contributed by atoms with van der Waals surface area (Å²) in [5.41, 5.74) is 0. The topological polar surface area (TPSA) is 46.6 Å². The number of ether oxygens (including phenoxy) is 2. The van der Waals surface area contributed by atoms with Gasteiger partial charge in [-0.1, -0.05) is 6.92 Å². The van der Waals surface area contributed by atoms with Gasteiger partial charge in [-0.3, -0.25) is 4.90 Å². The van der Waals surface area contributed by atoms with Gasteiger partial charge in [0, 0.05) is 26.2 Å². The first kappa shape index (κ1) is 16.8. The van der Waals surface area contributed by atoms with Crippen LogP contribution in [0.5, 0.6) is 5.75 Å².